The van der Waals surface area contributed by atoms with Crippen LogP contribution in [0.2, 0.25) is 5.02 Å². The van der Waals surface area contributed by atoms with Crippen LogP contribution in [-0.4, -0.2) is 35.5 Å². The minimum Gasteiger partial charge on any atom is -0.324 e. The fourth-order valence-electron chi connectivity index (χ4n) is 3.72. The van der Waals surface area contributed by atoms with Crippen molar-refractivity contribution in [2.24, 2.45) is 20.5 Å². The van der Waals surface area contributed by atoms with Gasteiger partial charge in [-0.25, -0.2) is 0 Å². The number of carbonyl (C=O) groups is 4. The number of benzene rings is 3. The Labute approximate surface area is 270 Å². The van der Waals surface area contributed by atoms with Crippen molar-refractivity contribution in [1.29, 1.82) is 0 Å². The van der Waals surface area contributed by atoms with Crippen LogP contribution < -0.4 is 10.6 Å². The third-order valence-electron chi connectivity index (χ3n) is 6.07. The molecule has 3 aromatic rings. The molecule has 0 saturated heterocycles. The number of rotatable bonds is 13. The molecule has 0 fully saturated rings. The number of ketones is 2. The Hall–Kier alpha value is -5.06. The summed E-state index contributed by atoms with van der Waals surface area (Å²) in [6, 6.07) is 19.5. The Bertz CT molecular complexity index is 1700. The molecule has 2 unspecified atom stereocenters. The molecule has 2 atom stereocenters. The predicted molar refractivity (Wildman–Crippen MR) is 177 cm³/mol. The number of nitrogens with one attached hydrogen (secondary N) is 2. The number of azo groups is 2. The molecule has 0 saturated carbocycles. The van der Waals surface area contributed by atoms with Gasteiger partial charge in [-0.15, -0.1) is 0 Å². The zero-order valence-electron chi connectivity index (χ0n) is 24.7. The van der Waals surface area contributed by atoms with Crippen molar-refractivity contribution in [2.75, 3.05) is 10.6 Å². The maximum Gasteiger partial charge on any atom is 0.258 e. The van der Waals surface area contributed by atoms with Crippen molar-refractivity contribution in [3.05, 3.63) is 119 Å². The first kappa shape index (κ1) is 34.4. The van der Waals surface area contributed by atoms with Gasteiger partial charge in [-0.05, 0) is 74.4 Å². The van der Waals surface area contributed by atoms with Crippen LogP contribution in [0.4, 0.5) is 17.1 Å². The summed E-state index contributed by atoms with van der Waals surface area (Å²) in [5.74, 6) is -2.25. The van der Waals surface area contributed by atoms with Crippen LogP contribution >= 0.6 is 23.2 Å². The van der Waals surface area contributed by atoms with Crippen LogP contribution in [0.3, 0.4) is 0 Å². The van der Waals surface area contributed by atoms with Gasteiger partial charge in [-0.2, -0.15) is 20.5 Å². The van der Waals surface area contributed by atoms with Crippen molar-refractivity contribution in [2.45, 2.75) is 32.9 Å². The molecule has 0 aliphatic carbocycles. The van der Waals surface area contributed by atoms with Crippen molar-refractivity contribution in [3.63, 3.8) is 0 Å². The van der Waals surface area contributed by atoms with Crippen LogP contribution in [0, 0.1) is 0 Å². The van der Waals surface area contributed by atoms with E-state index in [0.717, 1.165) is 0 Å². The average Bonchev–Trinajstić information content (AvgIpc) is 3.01. The lowest BCUT2D eigenvalue weighted by molar-refractivity contribution is -0.127. The number of Topliss-reactive ketones (excluding diaryl/α,β-unsaturated/α-hetero) is 2. The van der Waals surface area contributed by atoms with Gasteiger partial charge in [0.05, 0.1) is 15.8 Å². The quantitative estimate of drug-likeness (QED) is 0.110. The summed E-state index contributed by atoms with van der Waals surface area (Å²) < 4.78 is 0. The van der Waals surface area contributed by atoms with Crippen molar-refractivity contribution in [1.82, 2.24) is 0 Å². The molecule has 12 heteroatoms. The van der Waals surface area contributed by atoms with Gasteiger partial charge in [0.25, 0.3) is 11.8 Å². The van der Waals surface area contributed by atoms with Gasteiger partial charge in [-0.3, -0.25) is 19.2 Å². The lowest BCUT2D eigenvalue weighted by Gasteiger charge is -2.10. The Morgan fingerprint density at radius 3 is 1.78 bits per heavy atom. The van der Waals surface area contributed by atoms with E-state index in [1.165, 1.54) is 13.8 Å². The molecule has 10 nitrogen and oxygen atoms in total. The number of nitrogens with zero attached hydrogens (tertiary/aromatic N) is 4. The van der Waals surface area contributed by atoms with Gasteiger partial charge in [-0.1, -0.05) is 78.3 Å². The molecule has 0 spiro atoms. The van der Waals surface area contributed by atoms with E-state index in [1.54, 1.807) is 97.9 Å². The van der Waals surface area contributed by atoms with E-state index in [4.69, 9.17) is 23.2 Å². The van der Waals surface area contributed by atoms with Crippen molar-refractivity contribution < 1.29 is 19.2 Å². The van der Waals surface area contributed by atoms with Crippen LogP contribution in [0.25, 0.3) is 5.57 Å². The fraction of sp³-hybridized carbons (Fsp3) is 0.152. The molecular formula is C33H30Cl2N6O4. The number of para-hydroxylation sites is 2. The number of anilines is 2. The zero-order valence-corrected chi connectivity index (χ0v) is 26.2. The SMILES string of the molecule is C=C(N=NC(C(C)=O)C(=O)Nc1ccccc1)/C(Cl)=C\C(=C/C)c1ccc(N=NC(C(C)=O)C(=O)Nc2ccccc2)c(Cl)c1. The number of carbonyl (C=O) groups excluding carboxylic acids is 4. The molecule has 0 aliphatic rings. The summed E-state index contributed by atoms with van der Waals surface area (Å²) in [5, 5.41) is 21.4. The summed E-state index contributed by atoms with van der Waals surface area (Å²) in [7, 11) is 0. The second-order valence-electron chi connectivity index (χ2n) is 9.52. The molecule has 0 aromatic heterocycles. The van der Waals surface area contributed by atoms with Gasteiger partial charge in [0, 0.05) is 11.4 Å². The second-order valence-corrected chi connectivity index (χ2v) is 10.3. The zero-order chi connectivity index (χ0) is 32.9. The molecular weight excluding hydrogens is 615 g/mol. The molecule has 3 rings (SSSR count). The summed E-state index contributed by atoms with van der Waals surface area (Å²) in [5.41, 5.74) is 2.58. The van der Waals surface area contributed by atoms with Gasteiger partial charge in [0.2, 0.25) is 12.1 Å². The van der Waals surface area contributed by atoms with Gasteiger partial charge in [0.15, 0.2) is 11.6 Å². The first-order valence-corrected chi connectivity index (χ1v) is 14.3. The van der Waals surface area contributed by atoms with E-state index in [2.05, 4.69) is 37.7 Å². The highest BCUT2D eigenvalue weighted by atomic mass is 35.5. The maximum atomic E-state index is 12.6. The largest absolute Gasteiger partial charge is 0.324 e. The minimum atomic E-state index is -1.39. The van der Waals surface area contributed by atoms with Crippen LogP contribution in [0.5, 0.6) is 0 Å². The van der Waals surface area contributed by atoms with Crippen LogP contribution in [0.1, 0.15) is 26.3 Å². The van der Waals surface area contributed by atoms with Crippen molar-refractivity contribution >= 4 is 69.2 Å². The van der Waals surface area contributed by atoms with Crippen molar-refractivity contribution in [3.8, 4) is 0 Å². The predicted octanol–water partition coefficient (Wildman–Crippen LogP) is 8.11. The topological polar surface area (TPSA) is 142 Å². The molecule has 0 heterocycles. The highest BCUT2D eigenvalue weighted by Crippen LogP contribution is 2.31. The number of hydrogen-bond acceptors (Lipinski definition) is 8. The lowest BCUT2D eigenvalue weighted by Crippen LogP contribution is -2.31. The Morgan fingerprint density at radius 2 is 1.31 bits per heavy atom. The Kier molecular flexibility index (Phi) is 12.8. The van der Waals surface area contributed by atoms with E-state index in [-0.39, 0.29) is 21.4 Å². The Balaban J connectivity index is 1.72. The number of amides is 2. The smallest absolute Gasteiger partial charge is 0.258 e. The molecule has 2 amide bonds. The fourth-order valence-corrected chi connectivity index (χ4v) is 4.09. The highest BCUT2D eigenvalue weighted by Gasteiger charge is 2.24. The summed E-state index contributed by atoms with van der Waals surface area (Å²) >= 11 is 12.9. The van der Waals surface area contributed by atoms with E-state index in [9.17, 15) is 19.2 Å². The molecule has 3 aromatic carbocycles. The van der Waals surface area contributed by atoms with Crippen LogP contribution in [0.15, 0.2) is 129 Å². The van der Waals surface area contributed by atoms with E-state index in [0.29, 0.717) is 22.5 Å². The summed E-state index contributed by atoms with van der Waals surface area (Å²) in [6.07, 6.45) is 3.34. The number of allylic oxidation sites excluding steroid dienone is 4. The van der Waals surface area contributed by atoms with E-state index >= 15 is 0 Å². The molecule has 230 valence electrons. The van der Waals surface area contributed by atoms with Gasteiger partial charge < -0.3 is 10.6 Å². The first-order chi connectivity index (χ1) is 21.5. The summed E-state index contributed by atoms with van der Waals surface area (Å²) in [6.45, 7) is 8.06. The molecule has 0 bridgehead atoms. The van der Waals surface area contributed by atoms with E-state index in [1.807, 2.05) is 0 Å². The van der Waals surface area contributed by atoms with Gasteiger partial charge in [0.1, 0.15) is 5.69 Å². The number of halogens is 2. The normalized spacial score (nSPS) is 13.4. The standard InChI is InChI=1S/C33H30Cl2N6O4/c1-5-23(18-27(34)20(2)38-40-30(21(3)42)32(44)36-25-12-8-6-9-13-25)24-16-17-29(28(35)19-24)39-41-31(22(4)43)33(45)37-26-14-10-7-11-15-26/h5-19,30-31H,2H2,1,3-4H3,(H,36,44)(H,37,45)/b23-5+,27-18+,40-38?,41-39?. The highest BCUT2D eigenvalue weighted by molar-refractivity contribution is 6.33. The third-order valence-corrected chi connectivity index (χ3v) is 6.70. The lowest BCUT2D eigenvalue weighted by atomic mass is 10.0. The molecule has 2 N–H and O–H groups in total. The minimum absolute atomic E-state index is 0.0235. The molecule has 0 aliphatic heterocycles. The molecule has 0 radical (unpaired) electrons. The average molecular weight is 646 g/mol. The third kappa shape index (κ3) is 10.3. The van der Waals surface area contributed by atoms with E-state index < -0.39 is 35.5 Å². The van der Waals surface area contributed by atoms with Gasteiger partial charge >= 0.3 is 0 Å². The second kappa shape index (κ2) is 16.7. The number of hydrogen-bond donors (Lipinski definition) is 2. The summed E-state index contributed by atoms with van der Waals surface area (Å²) in [4.78, 5) is 49.4. The monoisotopic (exact) mass is 644 g/mol. The molecule has 45 heavy (non-hydrogen) atoms. The van der Waals surface area contributed by atoms with Crippen LogP contribution in [-0.2, 0) is 19.2 Å². The Morgan fingerprint density at radius 1 is 0.800 bits per heavy atom. The maximum absolute atomic E-state index is 12.6. The first-order valence-electron chi connectivity index (χ1n) is 13.6.